The molecule has 0 atom stereocenters. The smallest absolute Gasteiger partial charge is 0.406 e. The number of aliphatic imine (C=N–C) groups is 1. The number of fused-ring (bicyclic) bond motifs is 1. The van der Waals surface area contributed by atoms with Gasteiger partial charge in [-0.2, -0.15) is 0 Å². The highest BCUT2D eigenvalue weighted by atomic mass is 19.4. The number of hydrogen-bond acceptors (Lipinski definition) is 6. The molecule has 0 bridgehead atoms. The molecule has 5 rings (SSSR count). The quantitative estimate of drug-likeness (QED) is 0.685. The minimum Gasteiger partial charge on any atom is -0.406 e. The first-order valence-corrected chi connectivity index (χ1v) is 8.83. The summed E-state index contributed by atoms with van der Waals surface area (Å²) >= 11 is 0. The molecule has 7 nitrogen and oxygen atoms in total. The van der Waals surface area contributed by atoms with Gasteiger partial charge in [0, 0.05) is 41.8 Å². The maximum absolute atomic E-state index is 12.1. The molecule has 29 heavy (non-hydrogen) atoms. The van der Waals surface area contributed by atoms with Gasteiger partial charge in [0.25, 0.3) is 0 Å². The number of H-pyrrole nitrogens is 1. The van der Waals surface area contributed by atoms with Crippen LogP contribution in [0.1, 0.15) is 6.42 Å². The minimum absolute atomic E-state index is 0.227. The molecule has 0 radical (unpaired) electrons. The zero-order chi connectivity index (χ0) is 20.3. The van der Waals surface area contributed by atoms with Crippen LogP contribution in [0.4, 0.5) is 18.9 Å². The summed E-state index contributed by atoms with van der Waals surface area (Å²) < 4.78 is 40.2. The lowest BCUT2D eigenvalue weighted by atomic mass is 10.2. The van der Waals surface area contributed by atoms with Gasteiger partial charge in [0.1, 0.15) is 30.2 Å². The zero-order valence-electron chi connectivity index (χ0n) is 15.1. The fourth-order valence-electron chi connectivity index (χ4n) is 3.08. The van der Waals surface area contributed by atoms with E-state index in [-0.39, 0.29) is 5.75 Å². The third kappa shape index (κ3) is 4.48. The van der Waals surface area contributed by atoms with Crippen molar-refractivity contribution < 1.29 is 17.9 Å². The summed E-state index contributed by atoms with van der Waals surface area (Å²) in [4.78, 5) is 17.0. The second kappa shape index (κ2) is 7.82. The van der Waals surface area contributed by atoms with Gasteiger partial charge in [0.15, 0.2) is 0 Å². The van der Waals surface area contributed by atoms with Gasteiger partial charge in [-0.25, -0.2) is 9.97 Å². The average molecular weight is 402 g/mol. The molecule has 2 N–H and O–H groups in total. The molecule has 0 saturated carbocycles. The van der Waals surface area contributed by atoms with E-state index in [1.54, 1.807) is 18.3 Å². The van der Waals surface area contributed by atoms with Crippen LogP contribution in [-0.2, 0) is 0 Å². The largest absolute Gasteiger partial charge is 0.573 e. The van der Waals surface area contributed by atoms with Gasteiger partial charge in [-0.1, -0.05) is 0 Å². The number of nitrogens with one attached hydrogen (secondary N) is 2. The van der Waals surface area contributed by atoms with Gasteiger partial charge >= 0.3 is 6.36 Å². The van der Waals surface area contributed by atoms with E-state index in [1.807, 2.05) is 23.4 Å². The Hall–Kier alpha value is -3.56. The van der Waals surface area contributed by atoms with Gasteiger partial charge in [0.2, 0.25) is 0 Å². The van der Waals surface area contributed by atoms with Crippen molar-refractivity contribution in [3.63, 3.8) is 0 Å². The SMILES string of the molecule is FC(F)(F)Oc1ccc(N2CN=CC3=C2NCC3)cc1.c1ncc2cc[nH]c2n1. The fraction of sp³-hybridized carbons (Fsp3) is 0.211. The number of benzene rings is 1. The van der Waals surface area contributed by atoms with Crippen molar-refractivity contribution in [1.82, 2.24) is 20.3 Å². The molecule has 0 fully saturated rings. The third-order valence-corrected chi connectivity index (χ3v) is 4.34. The van der Waals surface area contributed by atoms with Crippen LogP contribution in [0.5, 0.6) is 5.75 Å². The molecule has 2 aliphatic rings. The molecule has 150 valence electrons. The summed E-state index contributed by atoms with van der Waals surface area (Å²) in [5.74, 6) is 0.750. The normalized spacial score (nSPS) is 15.6. The van der Waals surface area contributed by atoms with Crippen molar-refractivity contribution in [1.29, 1.82) is 0 Å². The lowest BCUT2D eigenvalue weighted by molar-refractivity contribution is -0.274. The van der Waals surface area contributed by atoms with Crippen molar-refractivity contribution >= 4 is 22.9 Å². The van der Waals surface area contributed by atoms with Crippen molar-refractivity contribution in [2.75, 3.05) is 18.1 Å². The summed E-state index contributed by atoms with van der Waals surface area (Å²) in [6.45, 7) is 1.30. The lowest BCUT2D eigenvalue weighted by Crippen LogP contribution is -2.32. The van der Waals surface area contributed by atoms with Gasteiger partial charge in [-0.3, -0.25) is 4.99 Å². The molecule has 0 spiro atoms. The van der Waals surface area contributed by atoms with E-state index < -0.39 is 6.36 Å². The predicted octanol–water partition coefficient (Wildman–Crippen LogP) is 3.60. The molecular formula is C19H17F3N6O. The highest BCUT2D eigenvalue weighted by molar-refractivity contribution is 5.83. The number of ether oxygens (including phenoxy) is 1. The Morgan fingerprint density at radius 3 is 2.69 bits per heavy atom. The first-order valence-electron chi connectivity index (χ1n) is 8.83. The molecular weight excluding hydrogens is 385 g/mol. The number of aromatic amines is 1. The Labute approximate surface area is 163 Å². The van der Waals surface area contributed by atoms with Crippen molar-refractivity contribution in [3.05, 3.63) is 60.4 Å². The van der Waals surface area contributed by atoms with Crippen LogP contribution < -0.4 is 15.0 Å². The summed E-state index contributed by atoms with van der Waals surface area (Å²) in [6, 6.07) is 7.72. The Morgan fingerprint density at radius 1 is 1.10 bits per heavy atom. The fourth-order valence-corrected chi connectivity index (χ4v) is 3.08. The Morgan fingerprint density at radius 2 is 1.93 bits per heavy atom. The zero-order valence-corrected chi connectivity index (χ0v) is 15.1. The van der Waals surface area contributed by atoms with E-state index in [2.05, 4.69) is 30.0 Å². The van der Waals surface area contributed by atoms with Gasteiger partial charge in [0.05, 0.1) is 0 Å². The summed E-state index contributed by atoms with van der Waals surface area (Å²) in [6.07, 6.45) is 3.23. The van der Waals surface area contributed by atoms with Gasteiger partial charge in [-0.05, 0) is 36.8 Å². The molecule has 4 heterocycles. The molecule has 0 unspecified atom stereocenters. The molecule has 3 aromatic rings. The first kappa shape index (κ1) is 18.8. The van der Waals surface area contributed by atoms with E-state index in [0.29, 0.717) is 6.67 Å². The topological polar surface area (TPSA) is 78.4 Å². The maximum atomic E-state index is 12.1. The van der Waals surface area contributed by atoms with Gasteiger partial charge < -0.3 is 19.9 Å². The number of alkyl halides is 3. The number of hydrogen-bond donors (Lipinski definition) is 2. The Balaban J connectivity index is 0.000000188. The second-order valence-corrected chi connectivity index (χ2v) is 6.28. The number of rotatable bonds is 2. The number of nitrogens with zero attached hydrogens (tertiary/aromatic N) is 4. The van der Waals surface area contributed by atoms with Crippen LogP contribution >= 0.6 is 0 Å². The summed E-state index contributed by atoms with van der Waals surface area (Å²) in [5, 5.41) is 4.32. The predicted molar refractivity (Wildman–Crippen MR) is 102 cm³/mol. The van der Waals surface area contributed by atoms with Crippen molar-refractivity contribution in [2.45, 2.75) is 12.8 Å². The molecule has 0 aliphatic carbocycles. The van der Waals surface area contributed by atoms with Crippen LogP contribution in [0.15, 0.2) is 65.4 Å². The Kier molecular flexibility index (Phi) is 5.07. The summed E-state index contributed by atoms with van der Waals surface area (Å²) in [5.41, 5.74) is 2.79. The van der Waals surface area contributed by atoms with E-state index in [0.717, 1.165) is 41.1 Å². The lowest BCUT2D eigenvalue weighted by Gasteiger charge is -2.27. The number of aromatic nitrogens is 3. The molecule has 0 amide bonds. The molecule has 2 aliphatic heterocycles. The van der Waals surface area contributed by atoms with Crippen LogP contribution in [0.2, 0.25) is 0 Å². The first-order chi connectivity index (χ1) is 14.0. The number of halogens is 3. The van der Waals surface area contributed by atoms with Crippen LogP contribution in [0, 0.1) is 0 Å². The van der Waals surface area contributed by atoms with Crippen LogP contribution in [0.25, 0.3) is 11.0 Å². The standard InChI is InChI=1S/C13H12F3N3O.C6H5N3/c14-13(15,16)20-11-3-1-10(2-4-11)19-8-17-7-9-5-6-18-12(9)19;1-2-8-6-5(1)3-7-4-9-6/h1-4,7,18H,5-6,8H2;1-4H,(H,7,8,9). The highest BCUT2D eigenvalue weighted by Crippen LogP contribution is 2.29. The van der Waals surface area contributed by atoms with Crippen LogP contribution in [-0.4, -0.2) is 40.7 Å². The van der Waals surface area contributed by atoms with Gasteiger partial charge in [-0.15, -0.1) is 13.2 Å². The summed E-state index contributed by atoms with van der Waals surface area (Å²) in [7, 11) is 0. The van der Waals surface area contributed by atoms with Crippen molar-refractivity contribution in [3.8, 4) is 5.75 Å². The third-order valence-electron chi connectivity index (χ3n) is 4.34. The maximum Gasteiger partial charge on any atom is 0.573 e. The molecule has 2 aromatic heterocycles. The van der Waals surface area contributed by atoms with E-state index >= 15 is 0 Å². The highest BCUT2D eigenvalue weighted by Gasteiger charge is 2.31. The monoisotopic (exact) mass is 402 g/mol. The average Bonchev–Trinajstić information content (AvgIpc) is 3.37. The molecule has 1 aromatic carbocycles. The van der Waals surface area contributed by atoms with E-state index in [4.69, 9.17) is 0 Å². The molecule has 10 heteroatoms. The van der Waals surface area contributed by atoms with Crippen LogP contribution in [0.3, 0.4) is 0 Å². The number of anilines is 1. The van der Waals surface area contributed by atoms with E-state index in [9.17, 15) is 13.2 Å². The van der Waals surface area contributed by atoms with Crippen molar-refractivity contribution in [2.24, 2.45) is 4.99 Å². The molecule has 0 saturated heterocycles. The Bertz CT molecular complexity index is 1010. The second-order valence-electron chi connectivity index (χ2n) is 6.28. The van der Waals surface area contributed by atoms with E-state index in [1.165, 1.54) is 18.5 Å². The minimum atomic E-state index is -4.67.